The third kappa shape index (κ3) is 3.44. The van der Waals surface area contributed by atoms with E-state index in [2.05, 4.69) is 19.9 Å². The molecule has 0 spiro atoms. The molecule has 3 rings (SSSR count). The molecule has 0 aliphatic carbocycles. The van der Waals surface area contributed by atoms with Gasteiger partial charge in [-0.25, -0.2) is 15.0 Å². The summed E-state index contributed by atoms with van der Waals surface area (Å²) in [6.45, 7) is 2.55. The molecule has 6 nitrogen and oxygen atoms in total. The molecule has 0 amide bonds. The molecule has 2 aromatic heterocycles. The SMILES string of the molecule is NC(=NCc1cccnc1-n1ccnc1)N1CCCCCC1. The minimum atomic E-state index is 0.531. The smallest absolute Gasteiger partial charge is 0.191 e. The molecule has 1 aliphatic rings. The molecule has 0 atom stereocenters. The van der Waals surface area contributed by atoms with Crippen LogP contribution in [0.4, 0.5) is 0 Å². The van der Waals surface area contributed by atoms with Crippen LogP contribution in [-0.2, 0) is 6.54 Å². The predicted molar refractivity (Wildman–Crippen MR) is 86.7 cm³/mol. The molecule has 6 heteroatoms. The normalized spacial score (nSPS) is 16.5. The van der Waals surface area contributed by atoms with Gasteiger partial charge in [-0.3, -0.25) is 4.57 Å². The Hall–Kier alpha value is -2.37. The van der Waals surface area contributed by atoms with E-state index >= 15 is 0 Å². The lowest BCUT2D eigenvalue weighted by Gasteiger charge is -2.21. The minimum absolute atomic E-state index is 0.531. The maximum atomic E-state index is 6.17. The summed E-state index contributed by atoms with van der Waals surface area (Å²) in [4.78, 5) is 15.3. The van der Waals surface area contributed by atoms with E-state index in [9.17, 15) is 0 Å². The topological polar surface area (TPSA) is 72.3 Å². The van der Waals surface area contributed by atoms with Crippen molar-refractivity contribution >= 4 is 5.96 Å². The van der Waals surface area contributed by atoms with Crippen LogP contribution in [0.1, 0.15) is 31.2 Å². The summed E-state index contributed by atoms with van der Waals surface area (Å²) in [6.07, 6.45) is 12.1. The zero-order chi connectivity index (χ0) is 15.2. The molecule has 2 aromatic rings. The maximum Gasteiger partial charge on any atom is 0.191 e. The molecule has 0 radical (unpaired) electrons. The molecule has 0 aromatic carbocycles. The van der Waals surface area contributed by atoms with Crippen molar-refractivity contribution in [1.82, 2.24) is 19.4 Å². The first-order chi connectivity index (χ1) is 10.8. The summed E-state index contributed by atoms with van der Waals surface area (Å²) >= 11 is 0. The predicted octanol–water partition coefficient (Wildman–Crippen LogP) is 1.96. The van der Waals surface area contributed by atoms with Crippen LogP contribution in [0.15, 0.2) is 42.0 Å². The first-order valence-corrected chi connectivity index (χ1v) is 7.82. The fourth-order valence-corrected chi connectivity index (χ4v) is 2.74. The lowest BCUT2D eigenvalue weighted by atomic mass is 10.2. The van der Waals surface area contributed by atoms with Crippen LogP contribution in [0.5, 0.6) is 0 Å². The van der Waals surface area contributed by atoms with Gasteiger partial charge in [0, 0.05) is 37.2 Å². The van der Waals surface area contributed by atoms with E-state index in [1.165, 1.54) is 25.7 Å². The van der Waals surface area contributed by atoms with Gasteiger partial charge in [0.2, 0.25) is 0 Å². The zero-order valence-electron chi connectivity index (χ0n) is 12.7. The molecule has 0 bridgehead atoms. The zero-order valence-corrected chi connectivity index (χ0v) is 12.7. The summed E-state index contributed by atoms with van der Waals surface area (Å²) < 4.78 is 1.90. The number of rotatable bonds is 3. The number of pyridine rings is 1. The second-order valence-electron chi connectivity index (χ2n) is 5.53. The molecule has 1 aliphatic heterocycles. The van der Waals surface area contributed by atoms with Gasteiger partial charge >= 0.3 is 0 Å². The lowest BCUT2D eigenvalue weighted by Crippen LogP contribution is -2.38. The number of nitrogens with two attached hydrogens (primary N) is 1. The first kappa shape index (κ1) is 14.6. The van der Waals surface area contributed by atoms with Gasteiger partial charge < -0.3 is 10.6 Å². The Kier molecular flexibility index (Phi) is 4.68. The number of hydrogen-bond donors (Lipinski definition) is 1. The van der Waals surface area contributed by atoms with Crippen molar-refractivity contribution in [2.45, 2.75) is 32.2 Å². The van der Waals surface area contributed by atoms with Crippen molar-refractivity contribution in [3.8, 4) is 5.82 Å². The fraction of sp³-hybridized carbons (Fsp3) is 0.438. The van der Waals surface area contributed by atoms with E-state index in [1.807, 2.05) is 22.9 Å². The van der Waals surface area contributed by atoms with Crippen LogP contribution >= 0.6 is 0 Å². The van der Waals surface area contributed by atoms with Crippen LogP contribution < -0.4 is 5.73 Å². The van der Waals surface area contributed by atoms with Crippen molar-refractivity contribution < 1.29 is 0 Å². The second-order valence-corrected chi connectivity index (χ2v) is 5.53. The Morgan fingerprint density at radius 3 is 2.73 bits per heavy atom. The molecule has 116 valence electrons. The Bertz CT molecular complexity index is 611. The van der Waals surface area contributed by atoms with Gasteiger partial charge in [-0.2, -0.15) is 0 Å². The number of hydrogen-bond acceptors (Lipinski definition) is 3. The van der Waals surface area contributed by atoms with E-state index < -0.39 is 0 Å². The second kappa shape index (κ2) is 7.06. The fourth-order valence-electron chi connectivity index (χ4n) is 2.74. The monoisotopic (exact) mass is 298 g/mol. The molecule has 3 heterocycles. The number of imidazole rings is 1. The molecule has 0 unspecified atom stereocenters. The van der Waals surface area contributed by atoms with Gasteiger partial charge in [0.25, 0.3) is 0 Å². The van der Waals surface area contributed by atoms with E-state index in [0.717, 1.165) is 24.5 Å². The summed E-state index contributed by atoms with van der Waals surface area (Å²) in [5.74, 6) is 1.50. The summed E-state index contributed by atoms with van der Waals surface area (Å²) in [5.41, 5.74) is 7.21. The molecule has 2 N–H and O–H groups in total. The molecular formula is C16H22N6. The van der Waals surface area contributed by atoms with Crippen molar-refractivity contribution in [3.63, 3.8) is 0 Å². The lowest BCUT2D eigenvalue weighted by molar-refractivity contribution is 0.428. The Balaban J connectivity index is 1.74. The van der Waals surface area contributed by atoms with Crippen LogP contribution in [-0.4, -0.2) is 38.5 Å². The number of aromatic nitrogens is 3. The number of likely N-dealkylation sites (tertiary alicyclic amines) is 1. The average molecular weight is 298 g/mol. The van der Waals surface area contributed by atoms with Gasteiger partial charge in [-0.15, -0.1) is 0 Å². The molecule has 1 saturated heterocycles. The third-order valence-corrected chi connectivity index (χ3v) is 3.96. The van der Waals surface area contributed by atoms with Gasteiger partial charge in [-0.1, -0.05) is 18.9 Å². The van der Waals surface area contributed by atoms with Crippen molar-refractivity contribution in [2.75, 3.05) is 13.1 Å². The van der Waals surface area contributed by atoms with Crippen LogP contribution in [0.3, 0.4) is 0 Å². The summed E-state index contributed by atoms with van der Waals surface area (Å²) in [5, 5.41) is 0. The van der Waals surface area contributed by atoms with Gasteiger partial charge in [-0.05, 0) is 18.9 Å². The van der Waals surface area contributed by atoms with Crippen LogP contribution in [0.2, 0.25) is 0 Å². The van der Waals surface area contributed by atoms with Crippen molar-refractivity contribution in [2.24, 2.45) is 10.7 Å². The molecular weight excluding hydrogens is 276 g/mol. The van der Waals surface area contributed by atoms with E-state index in [4.69, 9.17) is 5.73 Å². The summed E-state index contributed by atoms with van der Waals surface area (Å²) in [7, 11) is 0. The average Bonchev–Trinajstić information content (AvgIpc) is 2.95. The minimum Gasteiger partial charge on any atom is -0.370 e. The van der Waals surface area contributed by atoms with Crippen LogP contribution in [0.25, 0.3) is 5.82 Å². The Morgan fingerprint density at radius 2 is 2.00 bits per heavy atom. The van der Waals surface area contributed by atoms with E-state index in [1.54, 1.807) is 18.7 Å². The van der Waals surface area contributed by atoms with Gasteiger partial charge in [0.15, 0.2) is 5.96 Å². The largest absolute Gasteiger partial charge is 0.370 e. The highest BCUT2D eigenvalue weighted by Crippen LogP contribution is 2.13. The maximum absolute atomic E-state index is 6.17. The highest BCUT2D eigenvalue weighted by atomic mass is 15.2. The number of aliphatic imine (C=N–C) groups is 1. The van der Waals surface area contributed by atoms with Gasteiger partial charge in [0.05, 0.1) is 6.54 Å². The molecule has 1 fully saturated rings. The first-order valence-electron chi connectivity index (χ1n) is 7.82. The highest BCUT2D eigenvalue weighted by molar-refractivity contribution is 5.78. The van der Waals surface area contributed by atoms with E-state index in [0.29, 0.717) is 12.5 Å². The highest BCUT2D eigenvalue weighted by Gasteiger charge is 2.11. The third-order valence-electron chi connectivity index (χ3n) is 3.96. The molecule has 22 heavy (non-hydrogen) atoms. The van der Waals surface area contributed by atoms with Gasteiger partial charge in [0.1, 0.15) is 12.1 Å². The van der Waals surface area contributed by atoms with E-state index in [-0.39, 0.29) is 0 Å². The molecule has 0 saturated carbocycles. The van der Waals surface area contributed by atoms with Crippen molar-refractivity contribution in [3.05, 3.63) is 42.6 Å². The number of guanidine groups is 1. The quantitative estimate of drug-likeness (QED) is 0.694. The summed E-state index contributed by atoms with van der Waals surface area (Å²) in [6, 6.07) is 3.95. The Labute approximate surface area is 130 Å². The van der Waals surface area contributed by atoms with Crippen molar-refractivity contribution in [1.29, 1.82) is 0 Å². The van der Waals surface area contributed by atoms with Crippen LogP contribution in [0, 0.1) is 0 Å². The number of nitrogens with zero attached hydrogens (tertiary/aromatic N) is 5. The standard InChI is InChI=1S/C16H22N6/c17-16(21-9-3-1-2-4-10-21)20-12-14-6-5-7-19-15(14)22-11-8-18-13-22/h5-8,11,13H,1-4,9-10,12H2,(H2,17,20). The Morgan fingerprint density at radius 1 is 1.18 bits per heavy atom.